The smallest absolute Gasteiger partial charge is 0.242 e. The summed E-state index contributed by atoms with van der Waals surface area (Å²) < 4.78 is 12.6. The number of fused-ring (bicyclic) bond motifs is 1. The molecule has 0 bridgehead atoms. The Bertz CT molecular complexity index is 1070. The van der Waals surface area contributed by atoms with E-state index in [2.05, 4.69) is 19.9 Å². The van der Waals surface area contributed by atoms with Crippen LogP contribution in [0.5, 0.6) is 0 Å². The topological polar surface area (TPSA) is 137 Å². The Morgan fingerprint density at radius 1 is 0.968 bits per heavy atom. The zero-order chi connectivity index (χ0) is 21.2. The predicted octanol–water partition coefficient (Wildman–Crippen LogP) is -0.439. The summed E-state index contributed by atoms with van der Waals surface area (Å²) in [4.78, 5) is 38.8. The lowest BCUT2D eigenvalue weighted by molar-refractivity contribution is -0.135. The number of aromatic nitrogens is 6. The van der Waals surface area contributed by atoms with Gasteiger partial charge in [-0.3, -0.25) is 4.79 Å². The van der Waals surface area contributed by atoms with Crippen LogP contribution in [0.1, 0.15) is 0 Å². The predicted molar refractivity (Wildman–Crippen MR) is 111 cm³/mol. The van der Waals surface area contributed by atoms with Crippen molar-refractivity contribution >= 4 is 28.8 Å². The van der Waals surface area contributed by atoms with Crippen LogP contribution in [0.25, 0.3) is 22.6 Å². The number of carbonyl (C=O) groups is 1. The van der Waals surface area contributed by atoms with E-state index in [4.69, 9.17) is 25.2 Å². The average Bonchev–Trinajstić information content (AvgIpc) is 3.22. The van der Waals surface area contributed by atoms with E-state index in [0.29, 0.717) is 81.0 Å². The molecule has 5 heterocycles. The summed E-state index contributed by atoms with van der Waals surface area (Å²) in [5.41, 5.74) is 7.50. The monoisotopic (exact) mass is 425 g/mol. The zero-order valence-corrected chi connectivity index (χ0v) is 17.0. The molecule has 31 heavy (non-hydrogen) atoms. The molecule has 12 nitrogen and oxygen atoms in total. The molecular weight excluding hydrogens is 402 g/mol. The van der Waals surface area contributed by atoms with E-state index in [1.54, 1.807) is 28.2 Å². The number of anilines is 2. The van der Waals surface area contributed by atoms with Gasteiger partial charge >= 0.3 is 0 Å². The van der Waals surface area contributed by atoms with Crippen molar-refractivity contribution in [2.45, 2.75) is 6.54 Å². The Morgan fingerprint density at radius 3 is 2.35 bits per heavy atom. The van der Waals surface area contributed by atoms with Gasteiger partial charge in [-0.2, -0.15) is 0 Å². The molecule has 2 fully saturated rings. The van der Waals surface area contributed by atoms with Gasteiger partial charge in [0.2, 0.25) is 11.9 Å². The Labute approximate surface area is 178 Å². The molecular formula is C19H23N9O3. The fraction of sp³-hybridized carbons (Fsp3) is 0.474. The minimum absolute atomic E-state index is 0.00602. The maximum Gasteiger partial charge on any atom is 0.242 e. The van der Waals surface area contributed by atoms with Gasteiger partial charge in [0.1, 0.15) is 6.54 Å². The van der Waals surface area contributed by atoms with Gasteiger partial charge in [0.25, 0.3) is 0 Å². The van der Waals surface area contributed by atoms with Crippen molar-refractivity contribution in [3.05, 3.63) is 18.7 Å². The van der Waals surface area contributed by atoms with Crippen LogP contribution >= 0.6 is 0 Å². The van der Waals surface area contributed by atoms with Gasteiger partial charge in [0.05, 0.1) is 38.3 Å². The fourth-order valence-corrected chi connectivity index (χ4v) is 3.68. The Kier molecular flexibility index (Phi) is 5.30. The molecule has 12 heteroatoms. The van der Waals surface area contributed by atoms with Crippen molar-refractivity contribution in [2.24, 2.45) is 0 Å². The fourth-order valence-electron chi connectivity index (χ4n) is 3.68. The second kappa shape index (κ2) is 8.40. The number of morpholine rings is 2. The van der Waals surface area contributed by atoms with Crippen LogP contribution in [0.4, 0.5) is 11.8 Å². The van der Waals surface area contributed by atoms with Gasteiger partial charge in [0.15, 0.2) is 22.8 Å². The third-order valence-corrected chi connectivity index (χ3v) is 5.36. The third-order valence-electron chi connectivity index (χ3n) is 5.36. The van der Waals surface area contributed by atoms with Crippen LogP contribution in [0.3, 0.4) is 0 Å². The molecule has 5 rings (SSSR count). The SMILES string of the molecule is Nc1ncc(-c2nc(N3CCOCC3)c3ncn(CC(=O)N4CCOCC4)c3n2)cn1. The van der Waals surface area contributed by atoms with Gasteiger partial charge in [-0.25, -0.2) is 24.9 Å². The van der Waals surface area contributed by atoms with Crippen molar-refractivity contribution in [3.63, 3.8) is 0 Å². The van der Waals surface area contributed by atoms with E-state index in [9.17, 15) is 4.79 Å². The van der Waals surface area contributed by atoms with Crippen molar-refractivity contribution in [1.82, 2.24) is 34.4 Å². The van der Waals surface area contributed by atoms with Crippen molar-refractivity contribution in [3.8, 4) is 11.4 Å². The molecule has 2 N–H and O–H groups in total. The number of hydrogen-bond acceptors (Lipinski definition) is 10. The lowest BCUT2D eigenvalue weighted by Crippen LogP contribution is -2.42. The van der Waals surface area contributed by atoms with Crippen LogP contribution in [0, 0.1) is 0 Å². The summed E-state index contributed by atoms with van der Waals surface area (Å²) in [6.45, 7) is 5.06. The summed E-state index contributed by atoms with van der Waals surface area (Å²) in [6.07, 6.45) is 4.82. The van der Waals surface area contributed by atoms with Gasteiger partial charge in [-0.15, -0.1) is 0 Å². The molecule has 2 aliphatic heterocycles. The Morgan fingerprint density at radius 2 is 1.65 bits per heavy atom. The van der Waals surface area contributed by atoms with Crippen LogP contribution in [0.2, 0.25) is 0 Å². The molecule has 162 valence electrons. The normalized spacial score (nSPS) is 17.3. The highest BCUT2D eigenvalue weighted by molar-refractivity contribution is 5.87. The first-order valence-electron chi connectivity index (χ1n) is 10.2. The molecule has 0 radical (unpaired) electrons. The summed E-state index contributed by atoms with van der Waals surface area (Å²) in [5, 5.41) is 0. The van der Waals surface area contributed by atoms with Crippen molar-refractivity contribution < 1.29 is 14.3 Å². The van der Waals surface area contributed by atoms with Crippen LogP contribution < -0.4 is 10.6 Å². The molecule has 3 aromatic heterocycles. The van der Waals surface area contributed by atoms with E-state index >= 15 is 0 Å². The van der Waals surface area contributed by atoms with E-state index in [1.807, 2.05) is 0 Å². The lowest BCUT2D eigenvalue weighted by atomic mass is 10.3. The number of rotatable bonds is 4. The first kappa shape index (κ1) is 19.6. The molecule has 3 aromatic rings. The maximum atomic E-state index is 12.8. The number of imidazole rings is 1. The molecule has 0 aromatic carbocycles. The second-order valence-corrected chi connectivity index (χ2v) is 7.34. The van der Waals surface area contributed by atoms with E-state index in [0.717, 1.165) is 0 Å². The average molecular weight is 425 g/mol. The number of hydrogen-bond donors (Lipinski definition) is 1. The third kappa shape index (κ3) is 3.99. The molecule has 0 unspecified atom stereocenters. The first-order chi connectivity index (χ1) is 15.2. The van der Waals surface area contributed by atoms with Crippen molar-refractivity contribution in [1.29, 1.82) is 0 Å². The molecule has 2 saturated heterocycles. The highest BCUT2D eigenvalue weighted by Gasteiger charge is 2.23. The highest BCUT2D eigenvalue weighted by Crippen LogP contribution is 2.27. The standard InChI is InChI=1S/C19H23N9O3/c20-19-21-9-13(10-22-19)16-24-17(27-3-7-31-8-4-27)15-18(25-16)28(12-23-15)11-14(29)26-1-5-30-6-2-26/h9-10,12H,1-8,11H2,(H2,20,21,22). The molecule has 1 amide bonds. The molecule has 0 saturated carbocycles. The van der Waals surface area contributed by atoms with Gasteiger partial charge in [-0.05, 0) is 0 Å². The largest absolute Gasteiger partial charge is 0.378 e. The van der Waals surface area contributed by atoms with E-state index < -0.39 is 0 Å². The van der Waals surface area contributed by atoms with Crippen LogP contribution in [0.15, 0.2) is 18.7 Å². The molecule has 0 aliphatic carbocycles. The number of nitrogens with two attached hydrogens (primary N) is 1. The van der Waals surface area contributed by atoms with Crippen molar-refractivity contribution in [2.75, 3.05) is 63.2 Å². The zero-order valence-electron chi connectivity index (χ0n) is 17.0. The summed E-state index contributed by atoms with van der Waals surface area (Å²) in [7, 11) is 0. The minimum atomic E-state index is 0.00602. The second-order valence-electron chi connectivity index (χ2n) is 7.34. The summed E-state index contributed by atoms with van der Waals surface area (Å²) >= 11 is 0. The van der Waals surface area contributed by atoms with Gasteiger partial charge in [0, 0.05) is 38.6 Å². The molecule has 0 spiro atoms. The van der Waals surface area contributed by atoms with Crippen LogP contribution in [-0.2, 0) is 20.8 Å². The summed E-state index contributed by atoms with van der Waals surface area (Å²) in [6, 6.07) is 0. The van der Waals surface area contributed by atoms with Crippen LogP contribution in [-0.4, -0.2) is 92.9 Å². The summed E-state index contributed by atoms with van der Waals surface area (Å²) in [5.74, 6) is 1.35. The Hall–Kier alpha value is -3.38. The lowest BCUT2D eigenvalue weighted by Gasteiger charge is -2.28. The number of ether oxygens (including phenoxy) is 2. The maximum absolute atomic E-state index is 12.8. The highest BCUT2D eigenvalue weighted by atomic mass is 16.5. The molecule has 0 atom stereocenters. The quantitative estimate of drug-likeness (QED) is 0.585. The Balaban J connectivity index is 1.55. The number of carbonyl (C=O) groups excluding carboxylic acids is 1. The number of amides is 1. The number of nitrogens with zero attached hydrogens (tertiary/aromatic N) is 8. The number of nitrogen functional groups attached to an aromatic ring is 1. The van der Waals surface area contributed by atoms with E-state index in [-0.39, 0.29) is 18.4 Å². The van der Waals surface area contributed by atoms with Gasteiger partial charge in [-0.1, -0.05) is 0 Å². The van der Waals surface area contributed by atoms with Gasteiger partial charge < -0.3 is 29.6 Å². The molecule has 2 aliphatic rings. The van der Waals surface area contributed by atoms with E-state index in [1.165, 1.54) is 0 Å². The minimum Gasteiger partial charge on any atom is -0.378 e. The first-order valence-corrected chi connectivity index (χ1v) is 10.2.